The first kappa shape index (κ1) is 21.1. The Balaban J connectivity index is 1.61. The number of alkyl halides is 3. The number of thioether (sulfide) groups is 1. The fraction of sp³-hybridized carbons (Fsp3) is 0.211. The molecule has 0 aliphatic carbocycles. The van der Waals surface area contributed by atoms with Crippen LogP contribution in [0.3, 0.4) is 0 Å². The van der Waals surface area contributed by atoms with Crippen LogP contribution in [0.1, 0.15) is 18.9 Å². The molecule has 3 rings (SSSR count). The van der Waals surface area contributed by atoms with Gasteiger partial charge in [0.2, 0.25) is 11.8 Å². The van der Waals surface area contributed by atoms with Crippen molar-refractivity contribution in [3.8, 4) is 0 Å². The number of hydrogen-bond donors (Lipinski definition) is 2. The number of aromatic nitrogens is 1. The lowest BCUT2D eigenvalue weighted by Gasteiger charge is -2.09. The molecular weight excluding hydrogens is 423 g/mol. The number of benzene rings is 2. The van der Waals surface area contributed by atoms with Crippen LogP contribution in [0.5, 0.6) is 0 Å². The van der Waals surface area contributed by atoms with Gasteiger partial charge in [-0.25, -0.2) is 4.98 Å². The molecule has 0 unspecified atom stereocenters. The number of anilines is 2. The Labute approximate surface area is 172 Å². The van der Waals surface area contributed by atoms with E-state index in [1.807, 2.05) is 6.07 Å². The molecule has 1 heterocycles. The summed E-state index contributed by atoms with van der Waals surface area (Å²) >= 11 is 2.57. The molecule has 1 aromatic heterocycles. The third kappa shape index (κ3) is 5.70. The quantitative estimate of drug-likeness (QED) is 0.505. The molecule has 0 saturated carbocycles. The Bertz CT molecular complexity index is 1050. The Morgan fingerprint density at radius 2 is 1.79 bits per heavy atom. The predicted octanol–water partition coefficient (Wildman–Crippen LogP) is 5.39. The van der Waals surface area contributed by atoms with Crippen LogP contribution in [0.25, 0.3) is 10.2 Å². The van der Waals surface area contributed by atoms with E-state index in [1.165, 1.54) is 35.2 Å². The third-order valence-electron chi connectivity index (χ3n) is 3.77. The minimum atomic E-state index is -4.47. The predicted molar refractivity (Wildman–Crippen MR) is 109 cm³/mol. The fourth-order valence-electron chi connectivity index (χ4n) is 2.39. The van der Waals surface area contributed by atoms with Crippen molar-refractivity contribution < 1.29 is 22.8 Å². The highest BCUT2D eigenvalue weighted by atomic mass is 32.2. The minimum Gasteiger partial charge on any atom is -0.326 e. The first-order valence-corrected chi connectivity index (χ1v) is 10.3. The number of rotatable bonds is 6. The second-order valence-corrected chi connectivity index (χ2v) is 8.23. The topological polar surface area (TPSA) is 71.1 Å². The van der Waals surface area contributed by atoms with Crippen molar-refractivity contribution in [3.05, 3.63) is 48.0 Å². The highest BCUT2D eigenvalue weighted by Crippen LogP contribution is 2.32. The summed E-state index contributed by atoms with van der Waals surface area (Å²) in [7, 11) is 0. The molecule has 2 aromatic carbocycles. The molecule has 0 atom stereocenters. The van der Waals surface area contributed by atoms with Gasteiger partial charge in [0.25, 0.3) is 0 Å². The van der Waals surface area contributed by atoms with E-state index in [0.29, 0.717) is 16.4 Å². The maximum atomic E-state index is 12.7. The second-order valence-electron chi connectivity index (χ2n) is 5.98. The summed E-state index contributed by atoms with van der Waals surface area (Å²) in [5, 5.41) is 5.24. The molecule has 0 aliphatic rings. The zero-order valence-corrected chi connectivity index (χ0v) is 16.8. The standard InChI is InChI=1S/C19H16F3N3O2S2/c1-2-16(26)23-13-6-7-14-15(9-13)29-18(25-14)28-10-17(27)24-12-5-3-4-11(8-12)19(20,21)22/h3-9H,2,10H2,1H3,(H,23,26)(H,24,27). The smallest absolute Gasteiger partial charge is 0.326 e. The molecule has 0 aliphatic heterocycles. The van der Waals surface area contributed by atoms with Crippen molar-refractivity contribution in [1.29, 1.82) is 0 Å². The zero-order chi connectivity index (χ0) is 21.0. The molecule has 29 heavy (non-hydrogen) atoms. The van der Waals surface area contributed by atoms with Crippen molar-refractivity contribution in [2.45, 2.75) is 23.9 Å². The number of fused-ring (bicyclic) bond motifs is 1. The highest BCUT2D eigenvalue weighted by Gasteiger charge is 2.30. The first-order valence-electron chi connectivity index (χ1n) is 8.55. The van der Waals surface area contributed by atoms with Crippen LogP contribution in [-0.2, 0) is 15.8 Å². The molecule has 152 valence electrons. The van der Waals surface area contributed by atoms with Crippen molar-refractivity contribution >= 4 is 56.5 Å². The maximum Gasteiger partial charge on any atom is 0.416 e. The van der Waals surface area contributed by atoms with Crippen LogP contribution < -0.4 is 10.6 Å². The van der Waals surface area contributed by atoms with Crippen LogP contribution in [-0.4, -0.2) is 22.6 Å². The molecule has 2 N–H and O–H groups in total. The lowest BCUT2D eigenvalue weighted by molar-refractivity contribution is -0.137. The maximum absolute atomic E-state index is 12.7. The van der Waals surface area contributed by atoms with Crippen LogP contribution >= 0.6 is 23.1 Å². The molecule has 10 heteroatoms. The summed E-state index contributed by atoms with van der Waals surface area (Å²) in [4.78, 5) is 28.0. The van der Waals surface area contributed by atoms with Crippen molar-refractivity contribution in [2.24, 2.45) is 0 Å². The van der Waals surface area contributed by atoms with E-state index >= 15 is 0 Å². The number of halogens is 3. The summed E-state index contributed by atoms with van der Waals surface area (Å²) in [5.41, 5.74) is 0.684. The Morgan fingerprint density at radius 3 is 2.52 bits per heavy atom. The molecule has 0 fully saturated rings. The molecule has 0 saturated heterocycles. The van der Waals surface area contributed by atoms with E-state index in [-0.39, 0.29) is 17.3 Å². The van der Waals surface area contributed by atoms with Crippen molar-refractivity contribution in [2.75, 3.05) is 16.4 Å². The van der Waals surface area contributed by atoms with E-state index in [1.54, 1.807) is 19.1 Å². The van der Waals surface area contributed by atoms with Crippen LogP contribution in [0.15, 0.2) is 46.8 Å². The minimum absolute atomic E-state index is 0.00942. The fourth-order valence-corrected chi connectivity index (χ4v) is 4.30. The Hall–Kier alpha value is -2.59. The summed E-state index contributed by atoms with van der Waals surface area (Å²) in [5.74, 6) is -0.505. The third-order valence-corrected chi connectivity index (χ3v) is 5.94. The molecule has 0 spiro atoms. The summed E-state index contributed by atoms with van der Waals surface area (Å²) in [6.45, 7) is 1.76. The number of thiazole rings is 1. The first-order chi connectivity index (χ1) is 13.7. The summed E-state index contributed by atoms with van der Waals surface area (Å²) in [6, 6.07) is 9.84. The van der Waals surface area contributed by atoms with Crippen LogP contribution in [0, 0.1) is 0 Å². The summed E-state index contributed by atoms with van der Waals surface area (Å²) in [6.07, 6.45) is -4.09. The van der Waals surface area contributed by atoms with Gasteiger partial charge in [0.05, 0.1) is 21.5 Å². The molecular formula is C19H16F3N3O2S2. The van der Waals surface area contributed by atoms with Gasteiger partial charge in [-0.3, -0.25) is 9.59 Å². The summed E-state index contributed by atoms with van der Waals surface area (Å²) < 4.78 is 39.8. The van der Waals surface area contributed by atoms with Gasteiger partial charge >= 0.3 is 6.18 Å². The normalized spacial score (nSPS) is 11.4. The largest absolute Gasteiger partial charge is 0.416 e. The second kappa shape index (κ2) is 8.83. The number of amides is 2. The molecule has 5 nitrogen and oxygen atoms in total. The van der Waals surface area contributed by atoms with Gasteiger partial charge in [-0.15, -0.1) is 11.3 Å². The number of nitrogens with one attached hydrogen (secondary N) is 2. The van der Waals surface area contributed by atoms with Crippen molar-refractivity contribution in [3.63, 3.8) is 0 Å². The van der Waals surface area contributed by atoms with Gasteiger partial charge in [0.15, 0.2) is 4.34 Å². The van der Waals surface area contributed by atoms with Gasteiger partial charge < -0.3 is 10.6 Å². The van der Waals surface area contributed by atoms with E-state index in [4.69, 9.17) is 0 Å². The van der Waals surface area contributed by atoms with E-state index in [2.05, 4.69) is 15.6 Å². The average Bonchev–Trinajstić information content (AvgIpc) is 3.08. The SMILES string of the molecule is CCC(=O)Nc1ccc2nc(SCC(=O)Nc3cccc(C(F)(F)F)c3)sc2c1. The van der Waals surface area contributed by atoms with Crippen LogP contribution in [0.2, 0.25) is 0 Å². The monoisotopic (exact) mass is 439 g/mol. The number of carbonyl (C=O) groups excluding carboxylic acids is 2. The van der Waals surface area contributed by atoms with Gasteiger partial charge in [0, 0.05) is 17.8 Å². The molecule has 0 radical (unpaired) electrons. The Kier molecular flexibility index (Phi) is 6.43. The van der Waals surface area contributed by atoms with E-state index in [0.717, 1.165) is 22.3 Å². The van der Waals surface area contributed by atoms with E-state index in [9.17, 15) is 22.8 Å². The Morgan fingerprint density at radius 1 is 1.07 bits per heavy atom. The lowest BCUT2D eigenvalue weighted by Crippen LogP contribution is -2.14. The molecule has 3 aromatic rings. The molecule has 0 bridgehead atoms. The zero-order valence-electron chi connectivity index (χ0n) is 15.2. The number of carbonyl (C=O) groups is 2. The molecule has 2 amide bonds. The highest BCUT2D eigenvalue weighted by molar-refractivity contribution is 8.01. The van der Waals surface area contributed by atoms with Gasteiger partial charge in [0.1, 0.15) is 0 Å². The lowest BCUT2D eigenvalue weighted by atomic mass is 10.2. The number of hydrogen-bond acceptors (Lipinski definition) is 5. The van der Waals surface area contributed by atoms with Crippen LogP contribution in [0.4, 0.5) is 24.5 Å². The van der Waals surface area contributed by atoms with Gasteiger partial charge in [-0.2, -0.15) is 13.2 Å². The van der Waals surface area contributed by atoms with E-state index < -0.39 is 17.6 Å². The van der Waals surface area contributed by atoms with Gasteiger partial charge in [-0.1, -0.05) is 24.8 Å². The van der Waals surface area contributed by atoms with Gasteiger partial charge in [-0.05, 0) is 36.4 Å². The van der Waals surface area contributed by atoms with Crippen molar-refractivity contribution in [1.82, 2.24) is 4.98 Å². The number of nitrogens with zero attached hydrogens (tertiary/aromatic N) is 1. The average molecular weight is 439 g/mol.